The summed E-state index contributed by atoms with van der Waals surface area (Å²) in [5.74, 6) is 0. The van der Waals surface area contributed by atoms with Crippen LogP contribution in [0.15, 0.2) is 11.6 Å². The Kier molecular flexibility index (Phi) is 2.82. The standard InChI is InChI=1S/C13H24NO/c1-11(2,3)8-10-9-12(4,5)14(15)13(10,6)7/h9H,8H2,1-7H3. The van der Waals surface area contributed by atoms with E-state index >= 15 is 0 Å². The maximum Gasteiger partial charge on any atom is 0.0656 e. The number of hydrogen-bond acceptors (Lipinski definition) is 1. The molecule has 0 aromatic carbocycles. The largest absolute Gasteiger partial charge is 0.136 e. The summed E-state index contributed by atoms with van der Waals surface area (Å²) in [6.45, 7) is 14.6. The predicted octanol–water partition coefficient (Wildman–Crippen LogP) is 3.57. The SMILES string of the molecule is CC(C)(C)CC1=CC(C)(C)N([O])C1(C)C. The van der Waals surface area contributed by atoms with E-state index < -0.39 is 0 Å². The van der Waals surface area contributed by atoms with Gasteiger partial charge < -0.3 is 0 Å². The van der Waals surface area contributed by atoms with Crippen LogP contribution in [0.25, 0.3) is 0 Å². The first-order valence-corrected chi connectivity index (χ1v) is 5.66. The molecule has 0 amide bonds. The van der Waals surface area contributed by atoms with E-state index in [4.69, 9.17) is 0 Å². The first-order valence-electron chi connectivity index (χ1n) is 5.66. The molecular weight excluding hydrogens is 186 g/mol. The van der Waals surface area contributed by atoms with E-state index in [0.29, 0.717) is 0 Å². The molecule has 0 atom stereocenters. The summed E-state index contributed by atoms with van der Waals surface area (Å²) in [6.07, 6.45) is 3.13. The molecule has 87 valence electrons. The van der Waals surface area contributed by atoms with Gasteiger partial charge in [-0.05, 0) is 45.1 Å². The Morgan fingerprint density at radius 3 is 1.93 bits per heavy atom. The van der Waals surface area contributed by atoms with Crippen molar-refractivity contribution >= 4 is 0 Å². The van der Waals surface area contributed by atoms with Gasteiger partial charge >= 0.3 is 0 Å². The van der Waals surface area contributed by atoms with Crippen LogP contribution in [0.1, 0.15) is 54.9 Å². The van der Waals surface area contributed by atoms with Crippen LogP contribution in [0.4, 0.5) is 0 Å². The molecule has 0 N–H and O–H groups in total. The average Bonchev–Trinajstić information content (AvgIpc) is 2.09. The molecule has 0 bridgehead atoms. The van der Waals surface area contributed by atoms with Crippen molar-refractivity contribution in [3.05, 3.63) is 11.6 Å². The van der Waals surface area contributed by atoms with Crippen LogP contribution in [0, 0.1) is 5.41 Å². The minimum atomic E-state index is -0.357. The Hall–Kier alpha value is -0.340. The average molecular weight is 210 g/mol. The quantitative estimate of drug-likeness (QED) is 0.607. The van der Waals surface area contributed by atoms with E-state index in [1.165, 1.54) is 10.6 Å². The fourth-order valence-corrected chi connectivity index (χ4v) is 2.35. The molecule has 0 aromatic heterocycles. The van der Waals surface area contributed by atoms with Gasteiger partial charge in [0.25, 0.3) is 0 Å². The van der Waals surface area contributed by atoms with Crippen LogP contribution in [-0.4, -0.2) is 16.1 Å². The first-order chi connectivity index (χ1) is 6.47. The molecule has 0 spiro atoms. The Morgan fingerprint density at radius 2 is 1.67 bits per heavy atom. The first kappa shape index (κ1) is 12.7. The Balaban J connectivity index is 2.99. The normalized spacial score (nSPS) is 25.5. The summed E-state index contributed by atoms with van der Waals surface area (Å²) in [6, 6.07) is 0. The van der Waals surface area contributed by atoms with E-state index in [9.17, 15) is 5.21 Å². The highest BCUT2D eigenvalue weighted by molar-refractivity contribution is 5.30. The molecule has 2 heteroatoms. The minimum Gasteiger partial charge on any atom is -0.136 e. The predicted molar refractivity (Wildman–Crippen MR) is 62.8 cm³/mol. The lowest BCUT2D eigenvalue weighted by Gasteiger charge is -2.35. The highest BCUT2D eigenvalue weighted by atomic mass is 16.5. The van der Waals surface area contributed by atoms with Gasteiger partial charge in [0.2, 0.25) is 0 Å². The molecule has 1 heterocycles. The van der Waals surface area contributed by atoms with Crippen LogP contribution in [-0.2, 0) is 5.21 Å². The van der Waals surface area contributed by atoms with Gasteiger partial charge in [0.1, 0.15) is 0 Å². The van der Waals surface area contributed by atoms with Crippen molar-refractivity contribution in [2.45, 2.75) is 66.0 Å². The second kappa shape index (κ2) is 3.33. The van der Waals surface area contributed by atoms with Crippen LogP contribution in [0.2, 0.25) is 0 Å². The summed E-state index contributed by atoms with van der Waals surface area (Å²) in [5.41, 5.74) is 0.806. The van der Waals surface area contributed by atoms with Crippen molar-refractivity contribution in [1.82, 2.24) is 5.06 Å². The third kappa shape index (κ3) is 2.43. The fourth-order valence-electron chi connectivity index (χ4n) is 2.35. The van der Waals surface area contributed by atoms with Gasteiger partial charge in [-0.2, -0.15) is 0 Å². The van der Waals surface area contributed by atoms with E-state index in [0.717, 1.165) is 6.42 Å². The van der Waals surface area contributed by atoms with Gasteiger partial charge in [-0.1, -0.05) is 26.8 Å². The summed E-state index contributed by atoms with van der Waals surface area (Å²) < 4.78 is 0. The second-order valence-corrected chi connectivity index (χ2v) is 6.91. The van der Waals surface area contributed by atoms with Crippen LogP contribution in [0.5, 0.6) is 0 Å². The number of hydroxylamine groups is 2. The molecule has 1 aliphatic heterocycles. The fraction of sp³-hybridized carbons (Fsp3) is 0.846. The molecule has 0 saturated carbocycles. The molecule has 0 aromatic rings. The van der Waals surface area contributed by atoms with Gasteiger partial charge in [-0.25, -0.2) is 0 Å². The van der Waals surface area contributed by atoms with Crippen molar-refractivity contribution in [3.8, 4) is 0 Å². The third-order valence-electron chi connectivity index (χ3n) is 3.07. The zero-order chi connectivity index (χ0) is 12.1. The van der Waals surface area contributed by atoms with E-state index in [-0.39, 0.29) is 16.5 Å². The summed E-state index contributed by atoms with van der Waals surface area (Å²) in [4.78, 5) is 0. The molecule has 0 saturated heterocycles. The molecule has 0 aliphatic carbocycles. The number of rotatable bonds is 1. The van der Waals surface area contributed by atoms with E-state index in [1.54, 1.807) is 0 Å². The molecule has 2 nitrogen and oxygen atoms in total. The van der Waals surface area contributed by atoms with Gasteiger partial charge in [0.05, 0.1) is 11.1 Å². The lowest BCUT2D eigenvalue weighted by Crippen LogP contribution is -2.47. The van der Waals surface area contributed by atoms with E-state index in [1.807, 2.05) is 27.7 Å². The minimum absolute atomic E-state index is 0.240. The molecule has 0 fully saturated rings. The maximum absolute atomic E-state index is 12.1. The maximum atomic E-state index is 12.1. The van der Waals surface area contributed by atoms with Crippen LogP contribution >= 0.6 is 0 Å². The molecule has 1 aliphatic rings. The van der Waals surface area contributed by atoms with Gasteiger partial charge in [-0.15, -0.1) is 10.3 Å². The second-order valence-electron chi connectivity index (χ2n) is 6.91. The van der Waals surface area contributed by atoms with Crippen molar-refractivity contribution < 1.29 is 5.21 Å². The van der Waals surface area contributed by atoms with Gasteiger partial charge in [0.15, 0.2) is 0 Å². The van der Waals surface area contributed by atoms with Crippen molar-refractivity contribution in [1.29, 1.82) is 0 Å². The summed E-state index contributed by atoms with van der Waals surface area (Å²) in [7, 11) is 0. The third-order valence-corrected chi connectivity index (χ3v) is 3.07. The highest BCUT2D eigenvalue weighted by Gasteiger charge is 2.46. The molecule has 1 rings (SSSR count). The lowest BCUT2D eigenvalue weighted by atomic mass is 9.81. The summed E-state index contributed by atoms with van der Waals surface area (Å²) >= 11 is 0. The molecule has 0 unspecified atom stereocenters. The van der Waals surface area contributed by atoms with Crippen LogP contribution < -0.4 is 0 Å². The number of nitrogens with zero attached hydrogens (tertiary/aromatic N) is 1. The monoisotopic (exact) mass is 210 g/mol. The van der Waals surface area contributed by atoms with Crippen molar-refractivity contribution in [2.75, 3.05) is 0 Å². The Morgan fingerprint density at radius 1 is 1.20 bits per heavy atom. The lowest BCUT2D eigenvalue weighted by molar-refractivity contribution is -0.239. The zero-order valence-corrected chi connectivity index (χ0v) is 11.1. The van der Waals surface area contributed by atoms with Crippen molar-refractivity contribution in [3.63, 3.8) is 0 Å². The molecule has 15 heavy (non-hydrogen) atoms. The van der Waals surface area contributed by atoms with Crippen LogP contribution in [0.3, 0.4) is 0 Å². The van der Waals surface area contributed by atoms with E-state index in [2.05, 4.69) is 26.8 Å². The molecule has 1 radical (unpaired) electrons. The smallest absolute Gasteiger partial charge is 0.0656 e. The van der Waals surface area contributed by atoms with Gasteiger partial charge in [-0.3, -0.25) is 0 Å². The Labute approximate surface area is 93.9 Å². The highest BCUT2D eigenvalue weighted by Crippen LogP contribution is 2.43. The Bertz CT molecular complexity index is 281. The van der Waals surface area contributed by atoms with Crippen molar-refractivity contribution in [2.24, 2.45) is 5.41 Å². The molecular formula is C13H24NO. The topological polar surface area (TPSA) is 23.1 Å². The zero-order valence-electron chi connectivity index (χ0n) is 11.1. The summed E-state index contributed by atoms with van der Waals surface area (Å²) in [5, 5.41) is 13.3. The van der Waals surface area contributed by atoms with Gasteiger partial charge in [0, 0.05) is 0 Å². The number of hydrogen-bond donors (Lipinski definition) is 0.